The van der Waals surface area contributed by atoms with Gasteiger partial charge in [0.25, 0.3) is 0 Å². The molecular formula is C15H21FN2O2. The van der Waals surface area contributed by atoms with E-state index in [9.17, 15) is 14.5 Å². The van der Waals surface area contributed by atoms with E-state index in [1.165, 1.54) is 12.5 Å². The Morgan fingerprint density at radius 1 is 1.40 bits per heavy atom. The molecule has 2 rings (SSSR count). The lowest BCUT2D eigenvalue weighted by molar-refractivity contribution is -0.387. The Morgan fingerprint density at radius 2 is 2.10 bits per heavy atom. The van der Waals surface area contributed by atoms with Crippen LogP contribution in [0.5, 0.6) is 0 Å². The molecule has 0 amide bonds. The molecule has 1 aliphatic carbocycles. The number of hydrogen-bond acceptors (Lipinski definition) is 3. The van der Waals surface area contributed by atoms with Crippen LogP contribution in [0.15, 0.2) is 18.2 Å². The molecule has 1 aromatic rings. The van der Waals surface area contributed by atoms with Crippen LogP contribution in [-0.2, 0) is 0 Å². The molecule has 1 aliphatic rings. The van der Waals surface area contributed by atoms with E-state index in [4.69, 9.17) is 0 Å². The molecule has 1 aromatic carbocycles. The maximum absolute atomic E-state index is 13.3. The number of nitro benzene ring substituents is 1. The van der Waals surface area contributed by atoms with Crippen LogP contribution in [0.25, 0.3) is 0 Å². The van der Waals surface area contributed by atoms with Gasteiger partial charge in [-0.25, -0.2) is 0 Å². The Hall–Kier alpha value is -1.65. The zero-order valence-corrected chi connectivity index (χ0v) is 12.1. The number of benzene rings is 1. The van der Waals surface area contributed by atoms with Gasteiger partial charge in [0.1, 0.15) is 0 Å². The highest BCUT2D eigenvalue weighted by molar-refractivity contribution is 5.52. The molecule has 0 bridgehead atoms. The molecule has 0 radical (unpaired) electrons. The van der Waals surface area contributed by atoms with E-state index in [1.807, 2.05) is 0 Å². The third-order valence-corrected chi connectivity index (χ3v) is 3.90. The monoisotopic (exact) mass is 280 g/mol. The first-order valence-electron chi connectivity index (χ1n) is 6.97. The van der Waals surface area contributed by atoms with E-state index < -0.39 is 16.4 Å². The smallest absolute Gasteiger partial charge is 0.306 e. The lowest BCUT2D eigenvalue weighted by Crippen LogP contribution is -2.35. The van der Waals surface area contributed by atoms with Gasteiger partial charge in [0, 0.05) is 17.8 Å². The molecule has 1 fully saturated rings. The normalized spacial score (nSPS) is 25.2. The predicted octanol–water partition coefficient (Wildman–Crippen LogP) is 4.36. The van der Waals surface area contributed by atoms with Gasteiger partial charge in [-0.3, -0.25) is 10.1 Å². The predicted molar refractivity (Wildman–Crippen MR) is 77.3 cm³/mol. The maximum Gasteiger partial charge on any atom is 0.306 e. The summed E-state index contributed by atoms with van der Waals surface area (Å²) in [5.41, 5.74) is 0.410. The van der Waals surface area contributed by atoms with Crippen molar-refractivity contribution in [2.24, 2.45) is 11.3 Å². The van der Waals surface area contributed by atoms with E-state index in [0.29, 0.717) is 11.6 Å². The minimum Gasteiger partial charge on any atom is -0.382 e. The second kappa shape index (κ2) is 5.38. The largest absolute Gasteiger partial charge is 0.382 e. The fraction of sp³-hybridized carbons (Fsp3) is 0.600. The molecule has 2 unspecified atom stereocenters. The van der Waals surface area contributed by atoms with Crippen LogP contribution in [0.1, 0.15) is 40.0 Å². The maximum atomic E-state index is 13.3. The molecule has 0 aromatic heterocycles. The third-order valence-electron chi connectivity index (χ3n) is 3.90. The lowest BCUT2D eigenvalue weighted by atomic mass is 9.70. The van der Waals surface area contributed by atoms with Crippen molar-refractivity contribution in [1.29, 1.82) is 0 Å². The fourth-order valence-corrected chi connectivity index (χ4v) is 3.43. The van der Waals surface area contributed by atoms with Gasteiger partial charge in [-0.15, -0.1) is 0 Å². The Morgan fingerprint density at radius 3 is 2.70 bits per heavy atom. The van der Waals surface area contributed by atoms with Gasteiger partial charge >= 0.3 is 5.69 Å². The molecular weight excluding hydrogens is 259 g/mol. The quantitative estimate of drug-likeness (QED) is 0.661. The van der Waals surface area contributed by atoms with Crippen molar-refractivity contribution in [3.05, 3.63) is 34.1 Å². The topological polar surface area (TPSA) is 55.2 Å². The van der Waals surface area contributed by atoms with Crippen molar-refractivity contribution in [1.82, 2.24) is 0 Å². The Labute approximate surface area is 118 Å². The first-order valence-corrected chi connectivity index (χ1v) is 6.97. The average molecular weight is 280 g/mol. The molecule has 2 atom stereocenters. The molecule has 1 N–H and O–H groups in total. The zero-order valence-electron chi connectivity index (χ0n) is 12.1. The van der Waals surface area contributed by atoms with Gasteiger partial charge in [0.05, 0.1) is 4.92 Å². The zero-order chi connectivity index (χ0) is 14.9. The minimum atomic E-state index is -0.794. The number of nitrogens with one attached hydrogen (secondary N) is 1. The highest BCUT2D eigenvalue weighted by Crippen LogP contribution is 2.39. The van der Waals surface area contributed by atoms with E-state index in [2.05, 4.69) is 26.1 Å². The van der Waals surface area contributed by atoms with E-state index in [-0.39, 0.29) is 11.5 Å². The standard InChI is InChI=1S/C15H21FN2O2/c1-10-6-12(9-15(2,3)8-10)17-11-4-5-13(16)14(7-11)18(19)20/h4-5,7,10,12,17H,6,8-9H2,1-3H3. The molecule has 0 aliphatic heterocycles. The summed E-state index contributed by atoms with van der Waals surface area (Å²) in [5, 5.41) is 14.1. The molecule has 110 valence electrons. The summed E-state index contributed by atoms with van der Waals surface area (Å²) in [6, 6.07) is 4.27. The second-order valence-corrected chi connectivity index (χ2v) is 6.68. The molecule has 5 heteroatoms. The van der Waals surface area contributed by atoms with Crippen LogP contribution in [0.3, 0.4) is 0 Å². The minimum absolute atomic E-state index is 0.265. The van der Waals surface area contributed by atoms with E-state index in [1.54, 1.807) is 6.07 Å². The second-order valence-electron chi connectivity index (χ2n) is 6.68. The van der Waals surface area contributed by atoms with Crippen LogP contribution < -0.4 is 5.32 Å². The van der Waals surface area contributed by atoms with Crippen molar-refractivity contribution in [2.45, 2.75) is 46.1 Å². The number of nitrogens with zero attached hydrogens (tertiary/aromatic N) is 1. The summed E-state index contributed by atoms with van der Waals surface area (Å²) in [5.74, 6) is -0.176. The number of rotatable bonds is 3. The van der Waals surface area contributed by atoms with Crippen molar-refractivity contribution in [3.63, 3.8) is 0 Å². The van der Waals surface area contributed by atoms with Gasteiger partial charge in [-0.2, -0.15) is 4.39 Å². The SMILES string of the molecule is CC1CC(Nc2ccc(F)c([N+](=O)[O-])c2)CC(C)(C)C1. The molecule has 0 heterocycles. The number of nitro groups is 1. The van der Waals surface area contributed by atoms with Crippen LogP contribution in [0, 0.1) is 27.3 Å². The van der Waals surface area contributed by atoms with Crippen LogP contribution in [0.2, 0.25) is 0 Å². The van der Waals surface area contributed by atoms with E-state index >= 15 is 0 Å². The number of halogens is 1. The van der Waals surface area contributed by atoms with Crippen molar-refractivity contribution >= 4 is 11.4 Å². The molecule has 0 spiro atoms. The van der Waals surface area contributed by atoms with Crippen LogP contribution >= 0.6 is 0 Å². The summed E-state index contributed by atoms with van der Waals surface area (Å²) in [7, 11) is 0. The first kappa shape index (κ1) is 14.8. The highest BCUT2D eigenvalue weighted by Gasteiger charge is 2.32. The number of hydrogen-bond donors (Lipinski definition) is 1. The Kier molecular flexibility index (Phi) is 3.97. The lowest BCUT2D eigenvalue weighted by Gasteiger charge is -2.39. The molecule has 0 saturated heterocycles. The summed E-state index contributed by atoms with van der Waals surface area (Å²) in [6.07, 6.45) is 3.24. The summed E-state index contributed by atoms with van der Waals surface area (Å²) in [4.78, 5) is 10.1. The molecule has 4 nitrogen and oxygen atoms in total. The fourth-order valence-electron chi connectivity index (χ4n) is 3.43. The summed E-state index contributed by atoms with van der Waals surface area (Å²) in [6.45, 7) is 6.71. The highest BCUT2D eigenvalue weighted by atomic mass is 19.1. The van der Waals surface area contributed by atoms with Crippen molar-refractivity contribution < 1.29 is 9.31 Å². The van der Waals surface area contributed by atoms with Crippen LogP contribution in [0.4, 0.5) is 15.8 Å². The van der Waals surface area contributed by atoms with Crippen molar-refractivity contribution in [3.8, 4) is 0 Å². The van der Waals surface area contributed by atoms with E-state index in [0.717, 1.165) is 18.9 Å². The number of anilines is 1. The van der Waals surface area contributed by atoms with Gasteiger partial charge in [0.2, 0.25) is 5.82 Å². The molecule has 1 saturated carbocycles. The van der Waals surface area contributed by atoms with Crippen LogP contribution in [-0.4, -0.2) is 11.0 Å². The van der Waals surface area contributed by atoms with Gasteiger partial charge < -0.3 is 5.32 Å². The molecule has 20 heavy (non-hydrogen) atoms. The third kappa shape index (κ3) is 3.46. The van der Waals surface area contributed by atoms with Gasteiger partial charge in [-0.05, 0) is 42.7 Å². The van der Waals surface area contributed by atoms with Gasteiger partial charge in [0.15, 0.2) is 0 Å². The first-order chi connectivity index (χ1) is 9.27. The average Bonchev–Trinajstić information content (AvgIpc) is 2.28. The Balaban J connectivity index is 2.14. The summed E-state index contributed by atoms with van der Waals surface area (Å²) < 4.78 is 13.3. The van der Waals surface area contributed by atoms with Crippen molar-refractivity contribution in [2.75, 3.05) is 5.32 Å². The Bertz CT molecular complexity index is 517. The van der Waals surface area contributed by atoms with Gasteiger partial charge in [-0.1, -0.05) is 20.8 Å². The summed E-state index contributed by atoms with van der Waals surface area (Å²) >= 11 is 0.